The van der Waals surface area contributed by atoms with Gasteiger partial charge in [-0.3, -0.25) is 4.79 Å². The van der Waals surface area contributed by atoms with Crippen LogP contribution in [0.4, 0.5) is 9.18 Å². The molecule has 2 amide bonds. The maximum absolute atomic E-state index is 13.5. The number of nitrogens with zero attached hydrogens (tertiary/aromatic N) is 1. The number of hydrogen-bond acceptors (Lipinski definition) is 3. The van der Waals surface area contributed by atoms with Gasteiger partial charge < -0.3 is 20.1 Å². The van der Waals surface area contributed by atoms with Gasteiger partial charge in [-0.25, -0.2) is 9.18 Å². The number of carbonyl (C=O) groups is 2. The monoisotopic (exact) mass is 338 g/mol. The second kappa shape index (κ2) is 6.67. The van der Waals surface area contributed by atoms with Gasteiger partial charge in [-0.2, -0.15) is 0 Å². The van der Waals surface area contributed by atoms with Crippen molar-refractivity contribution in [2.24, 2.45) is 5.92 Å². The van der Waals surface area contributed by atoms with Gasteiger partial charge in [0.15, 0.2) is 0 Å². The Balaban J connectivity index is 2.14. The van der Waals surface area contributed by atoms with Crippen LogP contribution in [0.2, 0.25) is 0 Å². The van der Waals surface area contributed by atoms with E-state index >= 15 is 0 Å². The highest BCUT2D eigenvalue weighted by Gasteiger charge is 2.35. The maximum atomic E-state index is 13.5. The third-order valence-corrected chi connectivity index (χ3v) is 4.05. The third kappa shape index (κ3) is 4.15. The average Bonchev–Trinajstić information content (AvgIpc) is 2.44. The Morgan fingerprint density at radius 3 is 2.79 bits per heavy atom. The van der Waals surface area contributed by atoms with Crippen molar-refractivity contribution in [3.05, 3.63) is 29.6 Å². The summed E-state index contributed by atoms with van der Waals surface area (Å²) in [4.78, 5) is 24.6. The minimum Gasteiger partial charge on any atom is -0.487 e. The van der Waals surface area contributed by atoms with E-state index in [1.54, 1.807) is 20.0 Å². The molecule has 0 saturated heterocycles. The number of fused-ring (bicyclic) bond motifs is 1. The number of amides is 2. The molecule has 2 unspecified atom stereocenters. The number of aliphatic carboxylic acids is 1. The van der Waals surface area contributed by atoms with E-state index in [0.717, 1.165) is 0 Å². The lowest BCUT2D eigenvalue weighted by atomic mass is 9.89. The van der Waals surface area contributed by atoms with E-state index in [1.165, 1.54) is 17.0 Å². The van der Waals surface area contributed by atoms with Gasteiger partial charge in [-0.15, -0.1) is 0 Å². The number of carbonyl (C=O) groups excluding carboxylic acids is 1. The summed E-state index contributed by atoms with van der Waals surface area (Å²) < 4.78 is 19.2. The highest BCUT2D eigenvalue weighted by Crippen LogP contribution is 2.39. The van der Waals surface area contributed by atoms with E-state index in [9.17, 15) is 14.0 Å². The van der Waals surface area contributed by atoms with Crippen molar-refractivity contribution >= 4 is 12.0 Å². The lowest BCUT2D eigenvalue weighted by molar-refractivity contribution is -0.141. The first kappa shape index (κ1) is 18.0. The summed E-state index contributed by atoms with van der Waals surface area (Å²) in [5.41, 5.74) is 0.162. The SMILES string of the molecule is CC(CN(C)C(=O)NC1CC(C)(C)Oc2cc(F)ccc21)C(=O)O. The molecule has 1 aromatic carbocycles. The van der Waals surface area contributed by atoms with Crippen LogP contribution < -0.4 is 10.1 Å². The largest absolute Gasteiger partial charge is 0.487 e. The van der Waals surface area contributed by atoms with Crippen molar-refractivity contribution in [3.8, 4) is 5.75 Å². The quantitative estimate of drug-likeness (QED) is 0.885. The predicted molar refractivity (Wildman–Crippen MR) is 86.4 cm³/mol. The van der Waals surface area contributed by atoms with Crippen LogP contribution in [-0.2, 0) is 4.79 Å². The molecule has 0 bridgehead atoms. The van der Waals surface area contributed by atoms with Gasteiger partial charge in [0.25, 0.3) is 0 Å². The molecular weight excluding hydrogens is 315 g/mol. The van der Waals surface area contributed by atoms with Crippen LogP contribution in [0.1, 0.15) is 38.8 Å². The van der Waals surface area contributed by atoms with E-state index in [4.69, 9.17) is 9.84 Å². The van der Waals surface area contributed by atoms with Crippen LogP contribution in [0, 0.1) is 11.7 Å². The molecule has 2 N–H and O–H groups in total. The number of rotatable bonds is 4. The molecule has 1 heterocycles. The molecule has 24 heavy (non-hydrogen) atoms. The maximum Gasteiger partial charge on any atom is 0.317 e. The number of hydrogen-bond donors (Lipinski definition) is 2. The van der Waals surface area contributed by atoms with Crippen LogP contribution in [0.25, 0.3) is 0 Å². The van der Waals surface area contributed by atoms with E-state index in [1.807, 2.05) is 13.8 Å². The smallest absolute Gasteiger partial charge is 0.317 e. The van der Waals surface area contributed by atoms with Gasteiger partial charge >= 0.3 is 12.0 Å². The van der Waals surface area contributed by atoms with E-state index in [0.29, 0.717) is 17.7 Å². The molecular formula is C17H23FN2O4. The summed E-state index contributed by atoms with van der Waals surface area (Å²) in [6, 6.07) is 3.53. The highest BCUT2D eigenvalue weighted by atomic mass is 19.1. The van der Waals surface area contributed by atoms with Crippen LogP contribution in [-0.4, -0.2) is 41.2 Å². The van der Waals surface area contributed by atoms with Crippen molar-refractivity contribution < 1.29 is 23.8 Å². The predicted octanol–water partition coefficient (Wildman–Crippen LogP) is 2.79. The van der Waals surface area contributed by atoms with Gasteiger partial charge in [-0.05, 0) is 19.9 Å². The molecule has 1 aliphatic rings. The summed E-state index contributed by atoms with van der Waals surface area (Å²) in [6.07, 6.45) is 0.527. The lowest BCUT2D eigenvalue weighted by Crippen LogP contribution is -2.46. The zero-order chi connectivity index (χ0) is 18.1. The third-order valence-electron chi connectivity index (χ3n) is 4.05. The summed E-state index contributed by atoms with van der Waals surface area (Å²) in [5.74, 6) is -1.60. The van der Waals surface area contributed by atoms with Crippen LogP contribution in [0.15, 0.2) is 18.2 Å². The van der Waals surface area contributed by atoms with Crippen LogP contribution in [0.3, 0.4) is 0 Å². The molecule has 0 radical (unpaired) electrons. The normalized spacial score (nSPS) is 19.6. The van der Waals surface area contributed by atoms with Crippen molar-refractivity contribution in [2.45, 2.75) is 38.8 Å². The molecule has 0 aromatic heterocycles. The van der Waals surface area contributed by atoms with Crippen molar-refractivity contribution in [2.75, 3.05) is 13.6 Å². The molecule has 0 saturated carbocycles. The molecule has 2 rings (SSSR count). The number of urea groups is 1. The standard InChI is InChI=1S/C17H23FN2O4/c1-10(15(21)22)9-20(4)16(23)19-13-8-17(2,3)24-14-7-11(18)5-6-12(13)14/h5-7,10,13H,8-9H2,1-4H3,(H,19,23)(H,21,22). The average molecular weight is 338 g/mol. The molecule has 2 atom stereocenters. The molecule has 1 aromatic rings. The first-order chi connectivity index (χ1) is 11.1. The summed E-state index contributed by atoms with van der Waals surface area (Å²) in [5, 5.41) is 11.8. The zero-order valence-electron chi connectivity index (χ0n) is 14.3. The summed E-state index contributed by atoms with van der Waals surface area (Å²) >= 11 is 0. The molecule has 132 valence electrons. The number of halogens is 1. The first-order valence-corrected chi connectivity index (χ1v) is 7.82. The zero-order valence-corrected chi connectivity index (χ0v) is 14.3. The van der Waals surface area contributed by atoms with Gasteiger partial charge in [0.1, 0.15) is 17.2 Å². The molecule has 1 aliphatic heterocycles. The van der Waals surface area contributed by atoms with E-state index in [2.05, 4.69) is 5.32 Å². The number of benzene rings is 1. The Morgan fingerprint density at radius 2 is 2.17 bits per heavy atom. The lowest BCUT2D eigenvalue weighted by Gasteiger charge is -2.38. The molecule has 7 heteroatoms. The molecule has 6 nitrogen and oxygen atoms in total. The van der Waals surface area contributed by atoms with Gasteiger partial charge in [0, 0.05) is 31.6 Å². The fraction of sp³-hybridized carbons (Fsp3) is 0.529. The highest BCUT2D eigenvalue weighted by molar-refractivity contribution is 5.76. The van der Waals surface area contributed by atoms with Crippen molar-refractivity contribution in [1.29, 1.82) is 0 Å². The second-order valence-electron chi connectivity index (χ2n) is 6.87. The first-order valence-electron chi connectivity index (χ1n) is 7.82. The fourth-order valence-corrected chi connectivity index (χ4v) is 2.79. The summed E-state index contributed by atoms with van der Waals surface area (Å²) in [6.45, 7) is 5.39. The Morgan fingerprint density at radius 1 is 1.50 bits per heavy atom. The molecule has 0 aliphatic carbocycles. The number of carboxylic acids is 1. The minimum atomic E-state index is -0.956. The number of nitrogens with one attached hydrogen (secondary N) is 1. The fourth-order valence-electron chi connectivity index (χ4n) is 2.79. The summed E-state index contributed by atoms with van der Waals surface area (Å²) in [7, 11) is 1.55. The topological polar surface area (TPSA) is 78.9 Å². The molecule has 0 fully saturated rings. The number of carboxylic acid groups (broad SMARTS) is 1. The molecule has 0 spiro atoms. The van der Waals surface area contributed by atoms with Crippen LogP contribution in [0.5, 0.6) is 5.75 Å². The Hall–Kier alpha value is -2.31. The second-order valence-corrected chi connectivity index (χ2v) is 6.87. The minimum absolute atomic E-state index is 0.101. The Labute approximate surface area is 140 Å². The Kier molecular flexibility index (Phi) is 5.01. The van der Waals surface area contributed by atoms with Gasteiger partial charge in [0.2, 0.25) is 0 Å². The van der Waals surface area contributed by atoms with E-state index in [-0.39, 0.29) is 18.6 Å². The Bertz CT molecular complexity index is 647. The number of ether oxygens (including phenoxy) is 1. The van der Waals surface area contributed by atoms with Gasteiger partial charge in [0.05, 0.1) is 12.0 Å². The van der Waals surface area contributed by atoms with Crippen molar-refractivity contribution in [1.82, 2.24) is 10.2 Å². The van der Waals surface area contributed by atoms with Gasteiger partial charge in [-0.1, -0.05) is 13.0 Å². The van der Waals surface area contributed by atoms with E-state index < -0.39 is 23.3 Å². The van der Waals surface area contributed by atoms with Crippen LogP contribution >= 0.6 is 0 Å². The van der Waals surface area contributed by atoms with Crippen molar-refractivity contribution in [3.63, 3.8) is 0 Å².